The molecule has 1 aliphatic rings. The number of carbonyl (C=O) groups is 1. The molecule has 28 heavy (non-hydrogen) atoms. The van der Waals surface area contributed by atoms with Crippen LogP contribution < -0.4 is 0 Å². The Morgan fingerprint density at radius 2 is 1.57 bits per heavy atom. The second-order valence-electron chi connectivity index (χ2n) is 6.95. The molecule has 1 aliphatic heterocycles. The zero-order valence-electron chi connectivity index (χ0n) is 15.9. The number of hydrogen-bond donors (Lipinski definition) is 0. The summed E-state index contributed by atoms with van der Waals surface area (Å²) in [4.78, 5) is 16.8. The summed E-state index contributed by atoms with van der Waals surface area (Å²) in [6.45, 7) is 3.65. The van der Waals surface area contributed by atoms with Crippen molar-refractivity contribution in [2.75, 3.05) is 26.2 Å². The maximum Gasteiger partial charge on any atom is 0.253 e. The van der Waals surface area contributed by atoms with Crippen molar-refractivity contribution in [3.8, 4) is 11.4 Å². The summed E-state index contributed by atoms with van der Waals surface area (Å²) >= 11 is 5.58. The van der Waals surface area contributed by atoms with Gasteiger partial charge in [0.1, 0.15) is 0 Å². The van der Waals surface area contributed by atoms with E-state index in [0.717, 1.165) is 30.0 Å². The van der Waals surface area contributed by atoms with Crippen molar-refractivity contribution in [1.29, 1.82) is 0 Å². The molecule has 3 aromatic rings. The van der Waals surface area contributed by atoms with Gasteiger partial charge in [-0.2, -0.15) is 5.10 Å². The van der Waals surface area contributed by atoms with E-state index in [1.165, 1.54) is 0 Å². The molecule has 1 saturated heterocycles. The predicted molar refractivity (Wildman–Crippen MR) is 111 cm³/mol. The summed E-state index contributed by atoms with van der Waals surface area (Å²) in [5, 5.41) is 4.73. The fourth-order valence-corrected chi connectivity index (χ4v) is 3.65. The summed E-state index contributed by atoms with van der Waals surface area (Å²) in [7, 11) is 1.95. The quantitative estimate of drug-likeness (QED) is 0.639. The Kier molecular flexibility index (Phi) is 5.36. The van der Waals surface area contributed by atoms with Crippen LogP contribution >= 0.6 is 12.2 Å². The molecule has 0 radical (unpaired) electrons. The molecule has 2 aromatic carbocycles. The van der Waals surface area contributed by atoms with Gasteiger partial charge in [0.15, 0.2) is 10.6 Å². The molecule has 1 amide bonds. The highest BCUT2D eigenvalue weighted by molar-refractivity contribution is 7.71. The molecule has 0 bridgehead atoms. The maximum atomic E-state index is 12.6. The third-order valence-corrected chi connectivity index (χ3v) is 5.57. The van der Waals surface area contributed by atoms with Crippen molar-refractivity contribution in [3.63, 3.8) is 0 Å². The van der Waals surface area contributed by atoms with Gasteiger partial charge in [-0.25, -0.2) is 4.68 Å². The number of hydrogen-bond acceptors (Lipinski definition) is 4. The Bertz CT molecular complexity index is 1000. The normalized spacial score (nSPS) is 15.0. The minimum Gasteiger partial charge on any atom is -0.336 e. The van der Waals surface area contributed by atoms with Gasteiger partial charge < -0.3 is 9.47 Å². The Morgan fingerprint density at radius 1 is 0.964 bits per heavy atom. The van der Waals surface area contributed by atoms with E-state index in [1.54, 1.807) is 0 Å². The van der Waals surface area contributed by atoms with Gasteiger partial charge in [-0.1, -0.05) is 48.5 Å². The highest BCUT2D eigenvalue weighted by Gasteiger charge is 2.23. The summed E-state index contributed by atoms with van der Waals surface area (Å²) in [6.07, 6.45) is 0. The second kappa shape index (κ2) is 8.08. The Morgan fingerprint density at radius 3 is 2.21 bits per heavy atom. The first-order chi connectivity index (χ1) is 13.6. The molecule has 4 rings (SSSR count). The lowest BCUT2D eigenvalue weighted by Gasteiger charge is -2.34. The first-order valence-corrected chi connectivity index (χ1v) is 9.80. The van der Waals surface area contributed by atoms with Gasteiger partial charge in [0.05, 0.1) is 6.67 Å². The second-order valence-corrected chi connectivity index (χ2v) is 7.31. The van der Waals surface area contributed by atoms with Crippen LogP contribution in [0, 0.1) is 4.77 Å². The Labute approximate surface area is 169 Å². The van der Waals surface area contributed by atoms with Crippen molar-refractivity contribution in [2.24, 2.45) is 7.05 Å². The van der Waals surface area contributed by atoms with Crippen molar-refractivity contribution in [1.82, 2.24) is 24.1 Å². The van der Waals surface area contributed by atoms with Gasteiger partial charge in [0, 0.05) is 44.4 Å². The molecule has 0 spiro atoms. The average Bonchev–Trinajstić information content (AvgIpc) is 3.03. The van der Waals surface area contributed by atoms with Crippen LogP contribution in [-0.2, 0) is 13.7 Å². The van der Waals surface area contributed by atoms with E-state index in [4.69, 9.17) is 17.3 Å². The smallest absolute Gasteiger partial charge is 0.253 e. The van der Waals surface area contributed by atoms with Crippen LogP contribution in [0.15, 0.2) is 60.7 Å². The van der Waals surface area contributed by atoms with Crippen molar-refractivity contribution < 1.29 is 4.79 Å². The third-order valence-electron chi connectivity index (χ3n) is 5.09. The maximum absolute atomic E-state index is 12.6. The van der Waals surface area contributed by atoms with E-state index in [1.807, 2.05) is 81.9 Å². The van der Waals surface area contributed by atoms with Gasteiger partial charge in [-0.15, -0.1) is 0 Å². The fraction of sp³-hybridized carbons (Fsp3) is 0.286. The highest BCUT2D eigenvalue weighted by Crippen LogP contribution is 2.17. The summed E-state index contributed by atoms with van der Waals surface area (Å²) < 4.78 is 4.51. The molecule has 0 atom stereocenters. The number of amides is 1. The number of aromatic nitrogens is 3. The average molecular weight is 394 g/mol. The van der Waals surface area contributed by atoms with Gasteiger partial charge in [-0.05, 0) is 24.4 Å². The largest absolute Gasteiger partial charge is 0.336 e. The van der Waals surface area contributed by atoms with Crippen molar-refractivity contribution >= 4 is 18.1 Å². The fourth-order valence-electron chi connectivity index (χ4n) is 3.46. The van der Waals surface area contributed by atoms with Gasteiger partial charge in [0.25, 0.3) is 5.91 Å². The predicted octanol–water partition coefficient (Wildman–Crippen LogP) is 3.03. The summed E-state index contributed by atoms with van der Waals surface area (Å²) in [5.41, 5.74) is 1.79. The molecule has 1 aromatic heterocycles. The first kappa shape index (κ1) is 18.6. The zero-order chi connectivity index (χ0) is 19.5. The number of piperazine rings is 1. The number of benzene rings is 2. The number of rotatable bonds is 4. The van der Waals surface area contributed by atoms with E-state index >= 15 is 0 Å². The molecule has 7 heteroatoms. The van der Waals surface area contributed by atoms with Crippen LogP contribution in [0.4, 0.5) is 0 Å². The Balaban J connectivity index is 1.42. The standard InChI is InChI=1S/C21H23N5OS/c1-23-19(17-8-4-2-5-9-17)22-26(21(23)28)16-24-12-14-25(15-13-24)20(27)18-10-6-3-7-11-18/h2-11H,12-16H2,1H3. The minimum absolute atomic E-state index is 0.0982. The minimum atomic E-state index is 0.0982. The lowest BCUT2D eigenvalue weighted by molar-refractivity contribution is 0.0585. The molecule has 0 saturated carbocycles. The Hall–Kier alpha value is -2.77. The van der Waals surface area contributed by atoms with Crippen LogP contribution in [0.1, 0.15) is 10.4 Å². The van der Waals surface area contributed by atoms with Crippen molar-refractivity contribution in [3.05, 3.63) is 71.0 Å². The molecule has 144 valence electrons. The van der Waals surface area contributed by atoms with E-state index in [9.17, 15) is 4.79 Å². The van der Waals surface area contributed by atoms with Crippen LogP contribution in [0.2, 0.25) is 0 Å². The zero-order valence-corrected chi connectivity index (χ0v) is 16.7. The lowest BCUT2D eigenvalue weighted by Crippen LogP contribution is -2.49. The molecule has 2 heterocycles. The number of nitrogens with zero attached hydrogens (tertiary/aromatic N) is 5. The third kappa shape index (κ3) is 3.76. The van der Waals surface area contributed by atoms with Gasteiger partial charge in [0.2, 0.25) is 0 Å². The monoisotopic (exact) mass is 393 g/mol. The van der Waals surface area contributed by atoms with Crippen molar-refractivity contribution in [2.45, 2.75) is 6.67 Å². The van der Waals surface area contributed by atoms with E-state index in [2.05, 4.69) is 4.90 Å². The molecular formula is C21H23N5OS. The molecule has 6 nitrogen and oxygen atoms in total. The molecule has 0 N–H and O–H groups in total. The molecule has 0 unspecified atom stereocenters. The number of carbonyl (C=O) groups excluding carboxylic acids is 1. The highest BCUT2D eigenvalue weighted by atomic mass is 32.1. The topological polar surface area (TPSA) is 46.3 Å². The SMILES string of the molecule is Cn1c(-c2ccccc2)nn(CN2CCN(C(=O)c3ccccc3)CC2)c1=S. The van der Waals surface area contributed by atoms with E-state index < -0.39 is 0 Å². The molecule has 0 aliphatic carbocycles. The van der Waals surface area contributed by atoms with Crippen LogP contribution in [0.5, 0.6) is 0 Å². The van der Waals surface area contributed by atoms with Crippen LogP contribution in [0.25, 0.3) is 11.4 Å². The van der Waals surface area contributed by atoms with Crippen LogP contribution in [0.3, 0.4) is 0 Å². The van der Waals surface area contributed by atoms with Crippen LogP contribution in [-0.4, -0.2) is 56.2 Å². The molecule has 1 fully saturated rings. The van der Waals surface area contributed by atoms with E-state index in [-0.39, 0.29) is 5.91 Å². The van der Waals surface area contributed by atoms with Gasteiger partial charge >= 0.3 is 0 Å². The summed E-state index contributed by atoms with van der Waals surface area (Å²) in [6, 6.07) is 19.5. The first-order valence-electron chi connectivity index (χ1n) is 9.39. The molecular weight excluding hydrogens is 370 g/mol. The summed E-state index contributed by atoms with van der Waals surface area (Å²) in [5.74, 6) is 0.963. The lowest BCUT2D eigenvalue weighted by atomic mass is 10.2. The van der Waals surface area contributed by atoms with Gasteiger partial charge in [-0.3, -0.25) is 9.69 Å². The van der Waals surface area contributed by atoms with E-state index in [0.29, 0.717) is 24.5 Å².